The zero-order chi connectivity index (χ0) is 11.4. The van der Waals surface area contributed by atoms with Gasteiger partial charge in [0, 0.05) is 12.3 Å². The summed E-state index contributed by atoms with van der Waals surface area (Å²) in [7, 11) is 0. The number of aliphatic hydroxyl groups is 1. The number of hydrogen-bond acceptors (Lipinski definition) is 2. The summed E-state index contributed by atoms with van der Waals surface area (Å²) in [6, 6.07) is 0. The molecule has 0 radical (unpaired) electrons. The molecule has 0 aromatic heterocycles. The number of carbonyl (C=O) groups is 1. The fourth-order valence-electron chi connectivity index (χ4n) is 2.15. The van der Waals surface area contributed by atoms with Crippen LogP contribution in [0.15, 0.2) is 24.8 Å². The molecule has 4 atom stereocenters. The lowest BCUT2D eigenvalue weighted by Gasteiger charge is -2.38. The van der Waals surface area contributed by atoms with Gasteiger partial charge < -0.3 is 5.11 Å². The first-order valence-electron chi connectivity index (χ1n) is 5.56. The topological polar surface area (TPSA) is 37.3 Å². The van der Waals surface area contributed by atoms with E-state index in [1.165, 1.54) is 0 Å². The Bertz CT molecular complexity index is 268. The van der Waals surface area contributed by atoms with Crippen molar-refractivity contribution in [3.05, 3.63) is 24.8 Å². The minimum atomic E-state index is -0.490. The van der Waals surface area contributed by atoms with Crippen molar-refractivity contribution in [3.63, 3.8) is 0 Å². The fourth-order valence-corrected chi connectivity index (χ4v) is 2.15. The van der Waals surface area contributed by atoms with Gasteiger partial charge in [-0.15, -0.1) is 0 Å². The monoisotopic (exact) mass is 208 g/mol. The molecule has 1 saturated carbocycles. The smallest absolute Gasteiger partial charge is 0.139 e. The van der Waals surface area contributed by atoms with Crippen LogP contribution in [0.2, 0.25) is 0 Å². The second kappa shape index (κ2) is 5.26. The van der Waals surface area contributed by atoms with Crippen LogP contribution in [0.1, 0.15) is 26.7 Å². The largest absolute Gasteiger partial charge is 0.392 e. The first-order valence-corrected chi connectivity index (χ1v) is 5.56. The number of rotatable bonds is 5. The van der Waals surface area contributed by atoms with E-state index in [0.717, 1.165) is 6.42 Å². The predicted molar refractivity (Wildman–Crippen MR) is 61.4 cm³/mol. The van der Waals surface area contributed by atoms with Gasteiger partial charge in [0.1, 0.15) is 5.78 Å². The maximum absolute atomic E-state index is 11.3. The highest BCUT2D eigenvalue weighted by Gasteiger charge is 2.42. The normalized spacial score (nSPS) is 29.9. The van der Waals surface area contributed by atoms with Crippen LogP contribution < -0.4 is 0 Å². The molecule has 1 fully saturated rings. The Labute approximate surface area is 91.7 Å². The van der Waals surface area contributed by atoms with Crippen molar-refractivity contribution < 1.29 is 9.90 Å². The minimum absolute atomic E-state index is 0.128. The van der Waals surface area contributed by atoms with Gasteiger partial charge in [0.2, 0.25) is 0 Å². The van der Waals surface area contributed by atoms with Crippen molar-refractivity contribution in [2.75, 3.05) is 0 Å². The Balaban J connectivity index is 2.44. The van der Waals surface area contributed by atoms with Crippen LogP contribution in [0.25, 0.3) is 0 Å². The first kappa shape index (κ1) is 12.2. The van der Waals surface area contributed by atoms with E-state index in [-0.39, 0.29) is 17.6 Å². The summed E-state index contributed by atoms with van der Waals surface area (Å²) >= 11 is 0. The van der Waals surface area contributed by atoms with E-state index in [9.17, 15) is 9.90 Å². The van der Waals surface area contributed by atoms with Gasteiger partial charge in [-0.05, 0) is 18.3 Å². The molecule has 0 heterocycles. The van der Waals surface area contributed by atoms with Gasteiger partial charge in [0.15, 0.2) is 0 Å². The van der Waals surface area contributed by atoms with Crippen LogP contribution in [-0.2, 0) is 4.79 Å². The molecule has 84 valence electrons. The Morgan fingerprint density at radius 2 is 2.33 bits per heavy atom. The Morgan fingerprint density at radius 1 is 1.67 bits per heavy atom. The predicted octanol–water partition coefficient (Wildman–Crippen LogP) is 2.34. The summed E-state index contributed by atoms with van der Waals surface area (Å²) in [5.74, 6) is 0.572. The molecule has 0 amide bonds. The fraction of sp³-hybridized carbons (Fsp3) is 0.615. The second-order valence-corrected chi connectivity index (χ2v) is 4.54. The molecule has 15 heavy (non-hydrogen) atoms. The molecule has 2 unspecified atom stereocenters. The summed E-state index contributed by atoms with van der Waals surface area (Å²) < 4.78 is 0. The quantitative estimate of drug-likeness (QED) is 0.704. The summed E-state index contributed by atoms with van der Waals surface area (Å²) in [5, 5.41) is 10.00. The molecule has 2 nitrogen and oxygen atoms in total. The third-order valence-corrected chi connectivity index (χ3v) is 3.24. The summed E-state index contributed by atoms with van der Waals surface area (Å²) in [4.78, 5) is 11.3. The molecule has 2 heteroatoms. The minimum Gasteiger partial charge on any atom is -0.392 e. The van der Waals surface area contributed by atoms with Crippen molar-refractivity contribution in [1.29, 1.82) is 0 Å². The number of carbonyl (C=O) groups excluding carboxylic acids is 1. The molecule has 0 aromatic carbocycles. The van der Waals surface area contributed by atoms with E-state index in [2.05, 4.69) is 6.58 Å². The van der Waals surface area contributed by atoms with Crippen molar-refractivity contribution >= 4 is 5.78 Å². The number of hydrogen-bond donors (Lipinski definition) is 1. The molecule has 0 aromatic rings. The molecule has 1 aliphatic carbocycles. The van der Waals surface area contributed by atoms with Crippen LogP contribution in [0, 0.1) is 17.8 Å². The highest BCUT2D eigenvalue weighted by molar-refractivity contribution is 5.87. The summed E-state index contributed by atoms with van der Waals surface area (Å²) in [6.07, 6.45) is 6.51. The first-order chi connectivity index (χ1) is 7.07. The Hall–Kier alpha value is -0.890. The number of aliphatic hydroxyl groups excluding tert-OH is 1. The van der Waals surface area contributed by atoms with Crippen molar-refractivity contribution in [1.82, 2.24) is 0 Å². The van der Waals surface area contributed by atoms with E-state index in [1.807, 2.05) is 26.0 Å². The third-order valence-electron chi connectivity index (χ3n) is 3.24. The van der Waals surface area contributed by atoms with Crippen molar-refractivity contribution in [2.24, 2.45) is 17.8 Å². The number of Topliss-reactive ketones (excluding diaryl/α,β-unsaturated/α-hetero) is 1. The lowest BCUT2D eigenvalue weighted by atomic mass is 9.67. The van der Waals surface area contributed by atoms with E-state index in [4.69, 9.17) is 0 Å². The highest BCUT2D eigenvalue weighted by Crippen LogP contribution is 2.36. The standard InChI is InChI=1S/C13H20O2/c1-4-5-6-7-9(2)13(15)12-10(3)8-11(12)14/h4-6,9-10,12-13,15H,1,7-8H2,2-3H3/b6-5-/t9-,10?,12-,13?/m1/s1. The maximum atomic E-state index is 11.3. The van der Waals surface area contributed by atoms with Crippen molar-refractivity contribution in [2.45, 2.75) is 32.8 Å². The Kier molecular flexibility index (Phi) is 4.28. The average Bonchev–Trinajstić information content (AvgIpc) is 2.17. The SMILES string of the molecule is C=C/C=C\C[C@@H](C)C(O)[C@H]1C(=O)CC1C. The zero-order valence-corrected chi connectivity index (χ0v) is 9.52. The molecular weight excluding hydrogens is 188 g/mol. The molecule has 1 rings (SSSR count). The average molecular weight is 208 g/mol. The highest BCUT2D eigenvalue weighted by atomic mass is 16.3. The van der Waals surface area contributed by atoms with Crippen molar-refractivity contribution in [3.8, 4) is 0 Å². The van der Waals surface area contributed by atoms with Crippen LogP contribution in [-0.4, -0.2) is 17.0 Å². The van der Waals surface area contributed by atoms with E-state index >= 15 is 0 Å². The summed E-state index contributed by atoms with van der Waals surface area (Å²) in [6.45, 7) is 7.60. The van der Waals surface area contributed by atoms with E-state index in [1.54, 1.807) is 6.08 Å². The van der Waals surface area contributed by atoms with Gasteiger partial charge in [-0.25, -0.2) is 0 Å². The van der Waals surface area contributed by atoms with Crippen LogP contribution in [0.4, 0.5) is 0 Å². The third kappa shape index (κ3) is 2.78. The molecule has 0 saturated heterocycles. The van der Waals surface area contributed by atoms with Crippen LogP contribution in [0.5, 0.6) is 0 Å². The lowest BCUT2D eigenvalue weighted by Crippen LogP contribution is -2.46. The van der Waals surface area contributed by atoms with Gasteiger partial charge in [-0.2, -0.15) is 0 Å². The molecule has 0 aliphatic heterocycles. The van der Waals surface area contributed by atoms with Gasteiger partial charge in [0.05, 0.1) is 6.10 Å². The lowest BCUT2D eigenvalue weighted by molar-refractivity contribution is -0.142. The van der Waals surface area contributed by atoms with Gasteiger partial charge in [-0.3, -0.25) is 4.79 Å². The second-order valence-electron chi connectivity index (χ2n) is 4.54. The van der Waals surface area contributed by atoms with Gasteiger partial charge in [0.25, 0.3) is 0 Å². The van der Waals surface area contributed by atoms with E-state index < -0.39 is 6.10 Å². The maximum Gasteiger partial charge on any atom is 0.139 e. The van der Waals surface area contributed by atoms with Crippen LogP contribution in [0.3, 0.4) is 0 Å². The molecular formula is C13H20O2. The van der Waals surface area contributed by atoms with Gasteiger partial charge >= 0.3 is 0 Å². The molecule has 1 aliphatic rings. The van der Waals surface area contributed by atoms with Gasteiger partial charge in [-0.1, -0.05) is 38.7 Å². The van der Waals surface area contributed by atoms with E-state index in [0.29, 0.717) is 12.3 Å². The molecule has 0 spiro atoms. The molecule has 1 N–H and O–H groups in total. The number of allylic oxidation sites excluding steroid dienone is 3. The zero-order valence-electron chi connectivity index (χ0n) is 9.52. The number of ketones is 1. The summed E-state index contributed by atoms with van der Waals surface area (Å²) in [5.41, 5.74) is 0. The Morgan fingerprint density at radius 3 is 2.80 bits per heavy atom. The van der Waals surface area contributed by atoms with Crippen LogP contribution >= 0.6 is 0 Å². The molecule has 0 bridgehead atoms.